The predicted molar refractivity (Wildman–Crippen MR) is 110 cm³/mol. The Labute approximate surface area is 173 Å². The highest BCUT2D eigenvalue weighted by Crippen LogP contribution is 2.35. The van der Waals surface area contributed by atoms with Gasteiger partial charge in [-0.15, -0.1) is 0 Å². The lowest BCUT2D eigenvalue weighted by molar-refractivity contribution is 0.251. The zero-order chi connectivity index (χ0) is 20.8. The molecule has 0 aliphatic carbocycles. The summed E-state index contributed by atoms with van der Waals surface area (Å²) in [5.74, 6) is 0.614. The number of aromatic nitrogens is 1. The smallest absolute Gasteiger partial charge is 0.319 e. The SMILES string of the molecule is COc1cc(OC)c(NC(=O)NCc2cccn2Cc2ccc(F)cc2)cc1Cl. The van der Waals surface area contributed by atoms with Gasteiger partial charge in [0.25, 0.3) is 0 Å². The molecule has 0 atom stereocenters. The fraction of sp³-hybridized carbons (Fsp3) is 0.190. The number of rotatable bonds is 7. The molecule has 29 heavy (non-hydrogen) atoms. The van der Waals surface area contributed by atoms with Crippen molar-refractivity contribution in [2.75, 3.05) is 19.5 Å². The molecule has 0 bridgehead atoms. The Morgan fingerprint density at radius 1 is 1.10 bits per heavy atom. The second-order valence-electron chi connectivity index (χ2n) is 6.25. The summed E-state index contributed by atoms with van der Waals surface area (Å²) in [6.07, 6.45) is 1.91. The van der Waals surface area contributed by atoms with Crippen LogP contribution in [-0.2, 0) is 13.1 Å². The molecule has 8 heteroatoms. The highest BCUT2D eigenvalue weighted by atomic mass is 35.5. The Morgan fingerprint density at radius 2 is 1.83 bits per heavy atom. The van der Waals surface area contributed by atoms with Crippen LogP contribution >= 0.6 is 11.6 Å². The van der Waals surface area contributed by atoms with E-state index >= 15 is 0 Å². The van der Waals surface area contributed by atoms with E-state index in [4.69, 9.17) is 21.1 Å². The van der Waals surface area contributed by atoms with Gasteiger partial charge in [-0.1, -0.05) is 23.7 Å². The number of ether oxygens (including phenoxy) is 2. The Balaban J connectivity index is 1.63. The van der Waals surface area contributed by atoms with E-state index in [0.717, 1.165) is 11.3 Å². The molecule has 0 unspecified atom stereocenters. The number of halogens is 2. The van der Waals surface area contributed by atoms with Gasteiger partial charge in [0.15, 0.2) is 0 Å². The summed E-state index contributed by atoms with van der Waals surface area (Å²) in [4.78, 5) is 12.3. The highest BCUT2D eigenvalue weighted by molar-refractivity contribution is 6.32. The van der Waals surface area contributed by atoms with Crippen molar-refractivity contribution in [2.24, 2.45) is 0 Å². The van der Waals surface area contributed by atoms with E-state index in [1.807, 2.05) is 22.9 Å². The van der Waals surface area contributed by atoms with Gasteiger partial charge < -0.3 is 24.7 Å². The Bertz CT molecular complexity index is 989. The Morgan fingerprint density at radius 3 is 2.52 bits per heavy atom. The lowest BCUT2D eigenvalue weighted by atomic mass is 10.2. The van der Waals surface area contributed by atoms with E-state index in [-0.39, 0.29) is 5.82 Å². The van der Waals surface area contributed by atoms with Crippen molar-refractivity contribution < 1.29 is 18.7 Å². The van der Waals surface area contributed by atoms with E-state index in [2.05, 4.69) is 10.6 Å². The molecule has 2 N–H and O–H groups in total. The molecule has 1 aromatic heterocycles. The molecule has 0 aliphatic heterocycles. The third-order valence-electron chi connectivity index (χ3n) is 4.34. The molecule has 0 fully saturated rings. The second-order valence-corrected chi connectivity index (χ2v) is 6.66. The van der Waals surface area contributed by atoms with Crippen molar-refractivity contribution in [2.45, 2.75) is 13.1 Å². The number of nitrogens with zero attached hydrogens (tertiary/aromatic N) is 1. The molecule has 2 amide bonds. The molecule has 1 heterocycles. The molecule has 6 nitrogen and oxygen atoms in total. The maximum atomic E-state index is 13.1. The summed E-state index contributed by atoms with van der Waals surface area (Å²) < 4.78 is 25.5. The van der Waals surface area contributed by atoms with Gasteiger partial charge in [0, 0.05) is 24.5 Å². The molecule has 0 radical (unpaired) electrons. The third kappa shape index (κ3) is 5.20. The van der Waals surface area contributed by atoms with E-state index in [0.29, 0.717) is 35.3 Å². The van der Waals surface area contributed by atoms with Crippen molar-refractivity contribution >= 4 is 23.3 Å². The summed E-state index contributed by atoms with van der Waals surface area (Å²) in [5, 5.41) is 5.89. The number of amides is 2. The van der Waals surface area contributed by atoms with Crippen LogP contribution in [0.3, 0.4) is 0 Å². The minimum atomic E-state index is -0.404. The summed E-state index contributed by atoms with van der Waals surface area (Å²) in [5.41, 5.74) is 2.30. The molecular weight excluding hydrogens is 397 g/mol. The molecule has 0 saturated carbocycles. The minimum absolute atomic E-state index is 0.270. The van der Waals surface area contributed by atoms with Gasteiger partial charge in [-0.25, -0.2) is 9.18 Å². The number of benzene rings is 2. The van der Waals surface area contributed by atoms with Crippen LogP contribution in [0.25, 0.3) is 0 Å². The van der Waals surface area contributed by atoms with Gasteiger partial charge in [-0.05, 0) is 35.9 Å². The lowest BCUT2D eigenvalue weighted by Gasteiger charge is -2.14. The number of hydrogen-bond acceptors (Lipinski definition) is 3. The third-order valence-corrected chi connectivity index (χ3v) is 4.64. The summed E-state index contributed by atoms with van der Waals surface area (Å²) in [7, 11) is 3.00. The van der Waals surface area contributed by atoms with Crippen LogP contribution in [0.5, 0.6) is 11.5 Å². The monoisotopic (exact) mass is 417 g/mol. The zero-order valence-corrected chi connectivity index (χ0v) is 16.8. The Kier molecular flexibility index (Phi) is 6.61. The van der Waals surface area contributed by atoms with Crippen LogP contribution in [0.1, 0.15) is 11.3 Å². The van der Waals surface area contributed by atoms with Gasteiger partial charge in [-0.2, -0.15) is 0 Å². The number of anilines is 1. The van der Waals surface area contributed by atoms with Crippen molar-refractivity contribution in [3.8, 4) is 11.5 Å². The summed E-state index contributed by atoms with van der Waals surface area (Å²) in [6, 6.07) is 12.9. The molecule has 152 valence electrons. The van der Waals surface area contributed by atoms with Crippen LogP contribution in [0.4, 0.5) is 14.9 Å². The van der Waals surface area contributed by atoms with Crippen molar-refractivity contribution in [1.29, 1.82) is 0 Å². The number of urea groups is 1. The highest BCUT2D eigenvalue weighted by Gasteiger charge is 2.13. The minimum Gasteiger partial charge on any atom is -0.495 e. The van der Waals surface area contributed by atoms with Gasteiger partial charge in [0.05, 0.1) is 31.5 Å². The first-order valence-corrected chi connectivity index (χ1v) is 9.22. The number of hydrogen-bond donors (Lipinski definition) is 2. The van der Waals surface area contributed by atoms with Crippen LogP contribution in [0.15, 0.2) is 54.7 Å². The first-order valence-electron chi connectivity index (χ1n) is 8.85. The van der Waals surface area contributed by atoms with Crippen LogP contribution < -0.4 is 20.1 Å². The lowest BCUT2D eigenvalue weighted by Crippen LogP contribution is -2.29. The largest absolute Gasteiger partial charge is 0.495 e. The number of carbonyl (C=O) groups excluding carboxylic acids is 1. The number of methoxy groups -OCH3 is 2. The van der Waals surface area contributed by atoms with Crippen molar-refractivity contribution in [3.05, 3.63) is 76.8 Å². The average molecular weight is 418 g/mol. The number of nitrogens with one attached hydrogen (secondary N) is 2. The van der Waals surface area contributed by atoms with Gasteiger partial charge in [-0.3, -0.25) is 0 Å². The first kappa shape index (κ1) is 20.5. The fourth-order valence-electron chi connectivity index (χ4n) is 2.85. The quantitative estimate of drug-likeness (QED) is 0.587. The van der Waals surface area contributed by atoms with Crippen molar-refractivity contribution in [3.63, 3.8) is 0 Å². The predicted octanol–water partition coefficient (Wildman–Crippen LogP) is 4.67. The number of carbonyl (C=O) groups is 1. The van der Waals surface area contributed by atoms with E-state index in [9.17, 15) is 9.18 Å². The van der Waals surface area contributed by atoms with Crippen molar-refractivity contribution in [1.82, 2.24) is 9.88 Å². The van der Waals surface area contributed by atoms with Gasteiger partial charge in [0.2, 0.25) is 0 Å². The maximum Gasteiger partial charge on any atom is 0.319 e. The molecule has 3 rings (SSSR count). The normalized spacial score (nSPS) is 10.5. The molecular formula is C21H21ClFN3O3. The maximum absolute atomic E-state index is 13.1. The molecule has 0 saturated heterocycles. The molecule has 0 aliphatic rings. The molecule has 0 spiro atoms. The average Bonchev–Trinajstić information content (AvgIpc) is 3.15. The fourth-order valence-corrected chi connectivity index (χ4v) is 3.09. The Hall–Kier alpha value is -3.19. The van der Waals surface area contributed by atoms with Gasteiger partial charge >= 0.3 is 6.03 Å². The summed E-state index contributed by atoms with van der Waals surface area (Å²) in [6.45, 7) is 0.889. The van der Waals surface area contributed by atoms with Crippen LogP contribution in [-0.4, -0.2) is 24.8 Å². The van der Waals surface area contributed by atoms with E-state index < -0.39 is 6.03 Å². The van der Waals surface area contributed by atoms with Crippen LogP contribution in [0.2, 0.25) is 5.02 Å². The topological polar surface area (TPSA) is 64.5 Å². The van der Waals surface area contributed by atoms with Crippen LogP contribution in [0, 0.1) is 5.82 Å². The van der Waals surface area contributed by atoms with Gasteiger partial charge in [0.1, 0.15) is 17.3 Å². The van der Waals surface area contributed by atoms with E-state index in [1.165, 1.54) is 26.4 Å². The standard InChI is InChI=1S/C21H21ClFN3O3/c1-28-19-11-20(29-2)18(10-17(19)22)25-21(27)24-12-16-4-3-9-26(16)13-14-5-7-15(23)8-6-14/h3-11H,12-13H2,1-2H3,(H2,24,25,27). The molecule has 3 aromatic rings. The van der Waals surface area contributed by atoms with E-state index in [1.54, 1.807) is 24.3 Å². The zero-order valence-electron chi connectivity index (χ0n) is 16.0. The first-order chi connectivity index (χ1) is 14.0. The summed E-state index contributed by atoms with van der Waals surface area (Å²) >= 11 is 6.13. The molecule has 2 aromatic carbocycles. The second kappa shape index (κ2) is 9.34.